The van der Waals surface area contributed by atoms with E-state index in [9.17, 15) is 19.8 Å². The Balaban J connectivity index is 1.59. The number of morpholine rings is 1. The summed E-state index contributed by atoms with van der Waals surface area (Å²) in [6.45, 7) is 5.51. The summed E-state index contributed by atoms with van der Waals surface area (Å²) in [4.78, 5) is 30.4. The van der Waals surface area contributed by atoms with E-state index in [-0.39, 0.29) is 35.5 Å². The van der Waals surface area contributed by atoms with Gasteiger partial charge in [-0.2, -0.15) is 0 Å². The van der Waals surface area contributed by atoms with Crippen LogP contribution in [0.15, 0.2) is 40.4 Å². The summed E-state index contributed by atoms with van der Waals surface area (Å²) in [6, 6.07) is 7.64. The monoisotopic (exact) mass is 572 g/mol. The third-order valence-corrected chi connectivity index (χ3v) is 7.66. The number of phenols is 1. The molecule has 0 bridgehead atoms. The van der Waals surface area contributed by atoms with E-state index in [0.29, 0.717) is 41.8 Å². The lowest BCUT2D eigenvalue weighted by Gasteiger charge is -2.31. The number of carbonyl (C=O) groups excluding carboxylic acids is 2. The molecule has 2 fully saturated rings. The highest BCUT2D eigenvalue weighted by Gasteiger charge is 2.46. The van der Waals surface area contributed by atoms with Crippen LogP contribution < -0.4 is 9.47 Å². The van der Waals surface area contributed by atoms with Gasteiger partial charge in [0, 0.05) is 38.2 Å². The second-order valence-electron chi connectivity index (χ2n) is 9.46. The largest absolute Gasteiger partial charge is 0.507 e. The maximum atomic E-state index is 13.4. The second-order valence-corrected chi connectivity index (χ2v) is 10.3. The molecule has 3 aliphatic heterocycles. The summed E-state index contributed by atoms with van der Waals surface area (Å²) in [5.74, 6) is -0.837. The third kappa shape index (κ3) is 4.81. The summed E-state index contributed by atoms with van der Waals surface area (Å²) < 4.78 is 16.9. The smallest absolute Gasteiger partial charge is 0.295 e. The Bertz CT molecular complexity index is 1270. The van der Waals surface area contributed by atoms with Crippen molar-refractivity contribution in [3.8, 4) is 17.2 Å². The number of aromatic hydroxyl groups is 1. The molecule has 0 aliphatic carbocycles. The van der Waals surface area contributed by atoms with Crippen molar-refractivity contribution in [3.05, 3.63) is 57.1 Å². The maximum Gasteiger partial charge on any atom is 0.295 e. The number of methoxy groups -OCH3 is 1. The van der Waals surface area contributed by atoms with E-state index in [1.165, 1.54) is 12.0 Å². The van der Waals surface area contributed by atoms with Crippen molar-refractivity contribution in [2.24, 2.45) is 0 Å². The van der Waals surface area contributed by atoms with Gasteiger partial charge in [0.2, 0.25) is 0 Å². The Hall–Kier alpha value is -3.08. The van der Waals surface area contributed by atoms with Gasteiger partial charge < -0.3 is 29.3 Å². The maximum absolute atomic E-state index is 13.4. The highest BCUT2D eigenvalue weighted by atomic mass is 79.9. The summed E-state index contributed by atoms with van der Waals surface area (Å²) in [5.41, 5.74) is 1.90. The van der Waals surface area contributed by atoms with Crippen LogP contribution >= 0.6 is 15.9 Å². The van der Waals surface area contributed by atoms with Gasteiger partial charge >= 0.3 is 0 Å². The average molecular weight is 573 g/mol. The molecule has 9 nitrogen and oxygen atoms in total. The summed E-state index contributed by atoms with van der Waals surface area (Å²) in [7, 11) is 1.42. The zero-order valence-corrected chi connectivity index (χ0v) is 22.3. The molecular formula is C27H29BrN2O7. The van der Waals surface area contributed by atoms with Crippen LogP contribution in [0.2, 0.25) is 0 Å². The number of aliphatic hydroxyl groups excluding tert-OH is 1. The molecule has 0 radical (unpaired) electrons. The number of Topliss-reactive ketones (excluding diaryl/α,β-unsaturated/α-hetero) is 1. The molecule has 2 atom stereocenters. The van der Waals surface area contributed by atoms with Crippen molar-refractivity contribution in [3.63, 3.8) is 0 Å². The Morgan fingerprint density at radius 1 is 1.16 bits per heavy atom. The first kappa shape index (κ1) is 25.6. The Kier molecular flexibility index (Phi) is 7.15. The van der Waals surface area contributed by atoms with Gasteiger partial charge in [0.25, 0.3) is 11.7 Å². The molecule has 3 aliphatic rings. The Morgan fingerprint density at radius 2 is 1.92 bits per heavy atom. The molecular weight excluding hydrogens is 544 g/mol. The van der Waals surface area contributed by atoms with E-state index in [2.05, 4.69) is 20.8 Å². The lowest BCUT2D eigenvalue weighted by molar-refractivity contribution is -0.140. The minimum Gasteiger partial charge on any atom is -0.507 e. The molecule has 5 rings (SSSR count). The van der Waals surface area contributed by atoms with Crippen LogP contribution in [0.3, 0.4) is 0 Å². The summed E-state index contributed by atoms with van der Waals surface area (Å²) >= 11 is 3.34. The first-order chi connectivity index (χ1) is 17.8. The number of ketones is 1. The predicted octanol–water partition coefficient (Wildman–Crippen LogP) is 3.24. The fourth-order valence-electron chi connectivity index (χ4n) is 5.16. The highest BCUT2D eigenvalue weighted by molar-refractivity contribution is 9.10. The van der Waals surface area contributed by atoms with Gasteiger partial charge in [0.1, 0.15) is 17.6 Å². The van der Waals surface area contributed by atoms with E-state index in [1.807, 2.05) is 6.92 Å². The number of ether oxygens (including phenoxy) is 3. The quantitative estimate of drug-likeness (QED) is 0.308. The molecule has 2 aromatic rings. The second kappa shape index (κ2) is 10.4. The predicted molar refractivity (Wildman–Crippen MR) is 139 cm³/mol. The van der Waals surface area contributed by atoms with Crippen molar-refractivity contribution in [2.45, 2.75) is 25.5 Å². The first-order valence-corrected chi connectivity index (χ1v) is 13.0. The van der Waals surface area contributed by atoms with Crippen molar-refractivity contribution >= 4 is 33.4 Å². The van der Waals surface area contributed by atoms with Crippen molar-refractivity contribution in [1.29, 1.82) is 0 Å². The third-order valence-electron chi connectivity index (χ3n) is 7.06. The number of rotatable bonds is 6. The number of nitrogens with zero attached hydrogens (tertiary/aromatic N) is 2. The average Bonchev–Trinajstić information content (AvgIpc) is 3.39. The van der Waals surface area contributed by atoms with Gasteiger partial charge in [-0.15, -0.1) is 0 Å². The van der Waals surface area contributed by atoms with Gasteiger partial charge in [-0.05, 0) is 64.3 Å². The summed E-state index contributed by atoms with van der Waals surface area (Å²) in [6.07, 6.45) is 0.718. The molecule has 2 aromatic carbocycles. The van der Waals surface area contributed by atoms with E-state index in [4.69, 9.17) is 14.2 Å². The normalized spacial score (nSPS) is 23.3. The highest BCUT2D eigenvalue weighted by Crippen LogP contribution is 2.44. The number of amides is 1. The van der Waals surface area contributed by atoms with E-state index < -0.39 is 17.7 Å². The molecule has 10 heteroatoms. The molecule has 0 spiro atoms. The molecule has 0 aromatic heterocycles. The standard InChI is InChI=1S/C27H29BrN2O7/c1-15-11-17-12-16(3-4-20(17)37-15)24(31)22-23(18-13-19(28)25(32)21(14-18)35-2)30(27(34)26(22)33)6-5-29-7-9-36-10-8-29/h3-4,12-15,23,31-32H,5-11H2,1-2H3/b24-22+/t15-,23-/m0/s1. The van der Waals surface area contributed by atoms with Crippen molar-refractivity contribution in [2.75, 3.05) is 46.5 Å². The number of halogens is 1. The molecule has 196 valence electrons. The summed E-state index contributed by atoms with van der Waals surface area (Å²) in [5, 5.41) is 21.8. The zero-order valence-electron chi connectivity index (χ0n) is 20.7. The van der Waals surface area contributed by atoms with E-state index in [1.54, 1.807) is 30.3 Å². The fraction of sp³-hybridized carbons (Fsp3) is 0.407. The molecule has 3 heterocycles. The van der Waals surface area contributed by atoms with Crippen molar-refractivity contribution < 1.29 is 34.0 Å². The Morgan fingerprint density at radius 3 is 2.65 bits per heavy atom. The minimum atomic E-state index is -0.865. The lowest BCUT2D eigenvalue weighted by Crippen LogP contribution is -2.42. The van der Waals surface area contributed by atoms with Crippen LogP contribution in [0.4, 0.5) is 0 Å². The fourth-order valence-corrected chi connectivity index (χ4v) is 5.62. The number of likely N-dealkylation sites (tertiary alicyclic amines) is 1. The SMILES string of the molecule is COc1cc([C@H]2/C(=C(\O)c3ccc4c(c3)C[C@H](C)O4)C(=O)C(=O)N2CCN2CCOCC2)cc(Br)c1O. The molecule has 2 N–H and O–H groups in total. The van der Waals surface area contributed by atoms with Gasteiger partial charge in [0.15, 0.2) is 11.5 Å². The van der Waals surface area contributed by atoms with Crippen LogP contribution in [-0.4, -0.2) is 84.3 Å². The number of aliphatic hydroxyl groups is 1. The lowest BCUT2D eigenvalue weighted by atomic mass is 9.94. The number of fused-ring (bicyclic) bond motifs is 1. The van der Waals surface area contributed by atoms with Crippen LogP contribution in [0, 0.1) is 0 Å². The zero-order chi connectivity index (χ0) is 26.3. The number of hydrogen-bond acceptors (Lipinski definition) is 8. The van der Waals surface area contributed by atoms with Gasteiger partial charge in [-0.3, -0.25) is 14.5 Å². The van der Waals surface area contributed by atoms with E-state index in [0.717, 1.165) is 24.4 Å². The topological polar surface area (TPSA) is 109 Å². The first-order valence-electron chi connectivity index (χ1n) is 12.2. The Labute approximate surface area is 223 Å². The number of phenolic OH excluding ortho intramolecular Hbond substituents is 1. The van der Waals surface area contributed by atoms with Crippen LogP contribution in [0.5, 0.6) is 17.2 Å². The van der Waals surface area contributed by atoms with Crippen molar-refractivity contribution in [1.82, 2.24) is 9.80 Å². The van der Waals surface area contributed by atoms with Crippen LogP contribution in [0.1, 0.15) is 29.7 Å². The van der Waals surface area contributed by atoms with Gasteiger partial charge in [-0.1, -0.05) is 0 Å². The van der Waals surface area contributed by atoms with Crippen LogP contribution in [0.25, 0.3) is 5.76 Å². The molecule has 1 amide bonds. The minimum absolute atomic E-state index is 0.00136. The van der Waals surface area contributed by atoms with Gasteiger partial charge in [0.05, 0.1) is 36.4 Å². The number of carbonyl (C=O) groups is 2. The number of hydrogen-bond donors (Lipinski definition) is 2. The molecule has 0 unspecified atom stereocenters. The molecule has 37 heavy (non-hydrogen) atoms. The molecule has 0 saturated carbocycles. The van der Waals surface area contributed by atoms with Gasteiger partial charge in [-0.25, -0.2) is 0 Å². The van der Waals surface area contributed by atoms with E-state index >= 15 is 0 Å². The number of benzene rings is 2. The van der Waals surface area contributed by atoms with Crippen LogP contribution in [-0.2, 0) is 20.7 Å². The molecule has 2 saturated heterocycles.